The van der Waals surface area contributed by atoms with E-state index in [4.69, 9.17) is 18.9 Å². The van der Waals surface area contributed by atoms with Crippen molar-refractivity contribution in [2.45, 2.75) is 31.5 Å². The zero-order valence-corrected chi connectivity index (χ0v) is 21.5. The van der Waals surface area contributed by atoms with E-state index >= 15 is 0 Å². The molecule has 5 rings (SSSR count). The minimum Gasteiger partial charge on any atom is -0.497 e. The van der Waals surface area contributed by atoms with E-state index < -0.39 is 0 Å². The topological polar surface area (TPSA) is 112 Å². The van der Waals surface area contributed by atoms with Gasteiger partial charge in [0.25, 0.3) is 0 Å². The molecule has 3 heterocycles. The molecular formula is C26H28N4O6S. The molecule has 194 valence electrons. The van der Waals surface area contributed by atoms with Crippen molar-refractivity contribution in [3.05, 3.63) is 48.0 Å². The molecule has 2 atom stereocenters. The summed E-state index contributed by atoms with van der Waals surface area (Å²) in [6.07, 6.45) is 1.81. The van der Waals surface area contributed by atoms with Crippen molar-refractivity contribution >= 4 is 28.3 Å². The van der Waals surface area contributed by atoms with Crippen LogP contribution < -0.4 is 19.5 Å². The number of anilines is 1. The highest BCUT2D eigenvalue weighted by molar-refractivity contribution is 7.18. The number of hydrogen-bond donors (Lipinski definition) is 1. The highest BCUT2D eigenvalue weighted by Gasteiger charge is 2.32. The van der Waals surface area contributed by atoms with E-state index in [2.05, 4.69) is 15.5 Å². The van der Waals surface area contributed by atoms with Crippen LogP contribution in [0, 0.1) is 0 Å². The summed E-state index contributed by atoms with van der Waals surface area (Å²) in [6, 6.07) is 13.1. The summed E-state index contributed by atoms with van der Waals surface area (Å²) < 4.78 is 22.2. The van der Waals surface area contributed by atoms with E-state index in [0.717, 1.165) is 29.7 Å². The van der Waals surface area contributed by atoms with Crippen LogP contribution in [0.15, 0.2) is 42.5 Å². The third kappa shape index (κ3) is 5.83. The van der Waals surface area contributed by atoms with Gasteiger partial charge in [-0.15, -0.1) is 10.2 Å². The molecule has 2 saturated heterocycles. The van der Waals surface area contributed by atoms with Crippen LogP contribution in [0.25, 0.3) is 10.6 Å². The summed E-state index contributed by atoms with van der Waals surface area (Å²) in [5.41, 5.74) is 1.83. The van der Waals surface area contributed by atoms with E-state index in [1.807, 2.05) is 42.5 Å². The van der Waals surface area contributed by atoms with E-state index in [9.17, 15) is 9.59 Å². The number of nitrogens with one attached hydrogen (secondary N) is 1. The first-order valence-corrected chi connectivity index (χ1v) is 12.9. The maximum Gasteiger partial charge on any atom is 0.245 e. The van der Waals surface area contributed by atoms with Gasteiger partial charge < -0.3 is 23.8 Å². The van der Waals surface area contributed by atoms with Gasteiger partial charge in [0.2, 0.25) is 16.9 Å². The van der Waals surface area contributed by atoms with Crippen molar-refractivity contribution < 1.29 is 28.5 Å². The first-order chi connectivity index (χ1) is 18.0. The van der Waals surface area contributed by atoms with E-state index in [1.165, 1.54) is 11.3 Å². The highest BCUT2D eigenvalue weighted by atomic mass is 32.1. The lowest BCUT2D eigenvalue weighted by Crippen LogP contribution is -2.34. The van der Waals surface area contributed by atoms with Crippen molar-refractivity contribution in [2.75, 3.05) is 39.2 Å². The Balaban J connectivity index is 1.19. The number of carbonyl (C=O) groups excluding carboxylic acids is 2. The van der Waals surface area contributed by atoms with Crippen LogP contribution in [0.4, 0.5) is 5.13 Å². The standard InChI is InChI=1S/C26H28N4O6S/c1-33-19-8-5-16(6-9-19)25-28-29-26(37-25)27-22(31)15-30-14-18(13-23(30)32)17-7-10-20(34-2)21(12-17)36-24-4-3-11-35-24/h5-10,12,18,24H,3-4,11,13-15H2,1-2H3,(H,27,29,31)/t18-,24?/m1/s1. The molecule has 3 aromatic rings. The first kappa shape index (κ1) is 25.0. The number of methoxy groups -OCH3 is 2. The van der Waals surface area contributed by atoms with Crippen LogP contribution in [0.2, 0.25) is 0 Å². The molecule has 0 spiro atoms. The number of nitrogens with zero attached hydrogens (tertiary/aromatic N) is 3. The zero-order chi connectivity index (χ0) is 25.8. The summed E-state index contributed by atoms with van der Waals surface area (Å²) in [7, 11) is 3.20. The highest BCUT2D eigenvalue weighted by Crippen LogP contribution is 2.36. The number of benzene rings is 2. The van der Waals surface area contributed by atoms with Crippen LogP contribution >= 0.6 is 11.3 Å². The van der Waals surface area contributed by atoms with Crippen molar-refractivity contribution in [1.29, 1.82) is 0 Å². The molecule has 11 heteroatoms. The number of rotatable bonds is 9. The molecule has 0 saturated carbocycles. The zero-order valence-electron chi connectivity index (χ0n) is 20.6. The van der Waals surface area contributed by atoms with Gasteiger partial charge in [-0.05, 0) is 48.4 Å². The summed E-state index contributed by atoms with van der Waals surface area (Å²) >= 11 is 1.27. The van der Waals surface area contributed by atoms with E-state index in [1.54, 1.807) is 19.1 Å². The van der Waals surface area contributed by atoms with Crippen molar-refractivity contribution in [3.63, 3.8) is 0 Å². The summed E-state index contributed by atoms with van der Waals surface area (Å²) in [5.74, 6) is 1.51. The molecule has 2 fully saturated rings. The predicted molar refractivity (Wildman–Crippen MR) is 137 cm³/mol. The normalized spacial score (nSPS) is 19.2. The summed E-state index contributed by atoms with van der Waals surface area (Å²) in [5, 5.41) is 12.0. The molecule has 2 aliphatic rings. The van der Waals surface area contributed by atoms with Gasteiger partial charge in [0.15, 0.2) is 17.8 Å². The monoisotopic (exact) mass is 524 g/mol. The predicted octanol–water partition coefficient (Wildman–Crippen LogP) is 3.69. The third-order valence-electron chi connectivity index (χ3n) is 6.36. The van der Waals surface area contributed by atoms with Gasteiger partial charge in [0.05, 0.1) is 27.4 Å². The number of likely N-dealkylation sites (tertiary alicyclic amines) is 1. The van der Waals surface area contributed by atoms with Gasteiger partial charge in [0, 0.05) is 30.9 Å². The second-order valence-corrected chi connectivity index (χ2v) is 9.81. The van der Waals surface area contributed by atoms with Crippen LogP contribution in [0.1, 0.15) is 30.7 Å². The van der Waals surface area contributed by atoms with Crippen LogP contribution in [0.5, 0.6) is 17.2 Å². The Hall–Kier alpha value is -3.70. The van der Waals surface area contributed by atoms with Crippen LogP contribution in [0.3, 0.4) is 0 Å². The lowest BCUT2D eigenvalue weighted by Gasteiger charge is -2.19. The quantitative estimate of drug-likeness (QED) is 0.451. The first-order valence-electron chi connectivity index (χ1n) is 12.0. The third-order valence-corrected chi connectivity index (χ3v) is 7.25. The lowest BCUT2D eigenvalue weighted by molar-refractivity contribution is -0.131. The largest absolute Gasteiger partial charge is 0.497 e. The molecule has 0 radical (unpaired) electrons. The summed E-state index contributed by atoms with van der Waals surface area (Å²) in [6.45, 7) is 1.06. The fourth-order valence-electron chi connectivity index (χ4n) is 4.43. The van der Waals surface area contributed by atoms with Crippen molar-refractivity contribution in [1.82, 2.24) is 15.1 Å². The Labute approximate surface area is 218 Å². The van der Waals surface area contributed by atoms with Gasteiger partial charge in [-0.25, -0.2) is 0 Å². The van der Waals surface area contributed by atoms with Gasteiger partial charge in [0.1, 0.15) is 10.8 Å². The van der Waals surface area contributed by atoms with Crippen LogP contribution in [-0.2, 0) is 14.3 Å². The molecule has 1 unspecified atom stereocenters. The minimum atomic E-state index is -0.316. The van der Waals surface area contributed by atoms with E-state index in [0.29, 0.717) is 41.2 Å². The molecule has 2 aromatic carbocycles. The van der Waals surface area contributed by atoms with Crippen molar-refractivity contribution in [2.24, 2.45) is 0 Å². The molecular weight excluding hydrogens is 496 g/mol. The molecule has 1 N–H and O–H groups in total. The minimum absolute atomic E-state index is 0.0534. The van der Waals surface area contributed by atoms with Gasteiger partial charge in [-0.3, -0.25) is 14.9 Å². The fourth-order valence-corrected chi connectivity index (χ4v) is 5.19. The SMILES string of the molecule is COc1ccc(-c2nnc(NC(=O)CN3C[C@H](c4ccc(OC)c(OC5CCCO5)c4)CC3=O)s2)cc1. The van der Waals surface area contributed by atoms with Gasteiger partial charge in [-0.2, -0.15) is 0 Å². The maximum absolute atomic E-state index is 12.7. The number of aromatic nitrogens is 2. The average Bonchev–Trinajstić information content (AvgIpc) is 3.67. The summed E-state index contributed by atoms with van der Waals surface area (Å²) in [4.78, 5) is 27.0. The molecule has 2 aliphatic heterocycles. The molecule has 10 nitrogen and oxygen atoms in total. The number of amides is 2. The average molecular weight is 525 g/mol. The maximum atomic E-state index is 12.7. The molecule has 2 amide bonds. The molecule has 0 aliphatic carbocycles. The van der Waals surface area contributed by atoms with Gasteiger partial charge in [-0.1, -0.05) is 17.4 Å². The van der Waals surface area contributed by atoms with Crippen LogP contribution in [-0.4, -0.2) is 67.1 Å². The Kier molecular flexibility index (Phi) is 7.52. The Morgan fingerprint density at radius 3 is 2.70 bits per heavy atom. The number of hydrogen-bond acceptors (Lipinski definition) is 9. The van der Waals surface area contributed by atoms with Crippen molar-refractivity contribution in [3.8, 4) is 27.8 Å². The van der Waals surface area contributed by atoms with E-state index in [-0.39, 0.29) is 30.6 Å². The molecule has 0 bridgehead atoms. The number of carbonyl (C=O) groups is 2. The number of ether oxygens (including phenoxy) is 4. The molecule has 1 aromatic heterocycles. The second kappa shape index (κ2) is 11.1. The molecule has 37 heavy (non-hydrogen) atoms. The Bertz CT molecular complexity index is 1260. The lowest BCUT2D eigenvalue weighted by atomic mass is 9.98. The fraction of sp³-hybridized carbons (Fsp3) is 0.385. The van der Waals surface area contributed by atoms with Gasteiger partial charge >= 0.3 is 0 Å². The second-order valence-electron chi connectivity index (χ2n) is 8.84. The Morgan fingerprint density at radius 1 is 1.14 bits per heavy atom. The Morgan fingerprint density at radius 2 is 1.97 bits per heavy atom. The smallest absolute Gasteiger partial charge is 0.245 e.